The van der Waals surface area contributed by atoms with Crippen molar-refractivity contribution in [3.8, 4) is 0 Å². The first kappa shape index (κ1) is 14.1. The van der Waals surface area contributed by atoms with E-state index in [-0.39, 0.29) is 5.78 Å². The van der Waals surface area contributed by atoms with E-state index in [1.165, 1.54) is 13.8 Å². The summed E-state index contributed by atoms with van der Waals surface area (Å²) < 4.78 is 0. The zero-order valence-corrected chi connectivity index (χ0v) is 9.84. The van der Waals surface area contributed by atoms with Gasteiger partial charge in [-0.05, 0) is 13.8 Å². The first-order chi connectivity index (χ1) is 7.73. The van der Waals surface area contributed by atoms with Crippen LogP contribution in [-0.4, -0.2) is 5.78 Å². The summed E-state index contributed by atoms with van der Waals surface area (Å²) in [4.78, 5) is 9.44. The SMILES string of the molecule is CC(C)=O.c1ccccc1.c1ccccc1. The maximum Gasteiger partial charge on any atom is 0.126 e. The van der Waals surface area contributed by atoms with Crippen LogP contribution in [0.1, 0.15) is 13.8 Å². The maximum atomic E-state index is 9.44. The summed E-state index contributed by atoms with van der Waals surface area (Å²) in [6, 6.07) is 24.0. The molecule has 2 aromatic rings. The van der Waals surface area contributed by atoms with Crippen LogP contribution in [-0.2, 0) is 4.79 Å². The molecule has 0 saturated heterocycles. The van der Waals surface area contributed by atoms with Gasteiger partial charge in [0, 0.05) is 0 Å². The van der Waals surface area contributed by atoms with E-state index in [1.54, 1.807) is 0 Å². The van der Waals surface area contributed by atoms with Crippen LogP contribution in [0.5, 0.6) is 0 Å². The van der Waals surface area contributed by atoms with Crippen LogP contribution in [0.25, 0.3) is 0 Å². The van der Waals surface area contributed by atoms with Crippen LogP contribution in [0, 0.1) is 0 Å². The molecule has 0 aliphatic rings. The van der Waals surface area contributed by atoms with Gasteiger partial charge in [-0.25, -0.2) is 0 Å². The Morgan fingerprint density at radius 3 is 0.625 bits per heavy atom. The highest BCUT2D eigenvalue weighted by Crippen LogP contribution is 1.80. The summed E-state index contributed by atoms with van der Waals surface area (Å²) in [5.74, 6) is 0.167. The molecular weight excluding hydrogens is 196 g/mol. The molecule has 0 radical (unpaired) electrons. The lowest BCUT2D eigenvalue weighted by molar-refractivity contribution is -0.114. The van der Waals surface area contributed by atoms with E-state index < -0.39 is 0 Å². The van der Waals surface area contributed by atoms with Crippen molar-refractivity contribution in [2.45, 2.75) is 13.8 Å². The molecule has 0 spiro atoms. The number of hydrogen-bond donors (Lipinski definition) is 0. The predicted molar refractivity (Wildman–Crippen MR) is 69.2 cm³/mol. The van der Waals surface area contributed by atoms with Crippen LogP contribution in [0.15, 0.2) is 72.8 Å². The molecule has 0 unspecified atom stereocenters. The van der Waals surface area contributed by atoms with E-state index in [2.05, 4.69) is 0 Å². The largest absolute Gasteiger partial charge is 0.300 e. The van der Waals surface area contributed by atoms with Crippen LogP contribution in [0.2, 0.25) is 0 Å². The Balaban J connectivity index is 0.000000217. The van der Waals surface area contributed by atoms with E-state index >= 15 is 0 Å². The summed E-state index contributed by atoms with van der Waals surface area (Å²) >= 11 is 0. The van der Waals surface area contributed by atoms with E-state index in [9.17, 15) is 4.79 Å². The molecular formula is C15H18O. The molecule has 0 amide bonds. The van der Waals surface area contributed by atoms with Crippen molar-refractivity contribution in [1.82, 2.24) is 0 Å². The minimum absolute atomic E-state index is 0.167. The number of hydrogen-bond acceptors (Lipinski definition) is 1. The Kier molecular flexibility index (Phi) is 9.86. The van der Waals surface area contributed by atoms with Gasteiger partial charge in [0.25, 0.3) is 0 Å². The van der Waals surface area contributed by atoms with Crippen LogP contribution in [0.3, 0.4) is 0 Å². The van der Waals surface area contributed by atoms with Crippen molar-refractivity contribution >= 4 is 5.78 Å². The van der Waals surface area contributed by atoms with Crippen molar-refractivity contribution in [3.05, 3.63) is 72.8 Å². The maximum absolute atomic E-state index is 9.44. The second-order valence-electron chi connectivity index (χ2n) is 3.22. The summed E-state index contributed by atoms with van der Waals surface area (Å²) in [6.45, 7) is 3.06. The van der Waals surface area contributed by atoms with Gasteiger partial charge in [0.05, 0.1) is 0 Å². The highest BCUT2D eigenvalue weighted by atomic mass is 16.1. The lowest BCUT2D eigenvalue weighted by Gasteiger charge is -1.69. The summed E-state index contributed by atoms with van der Waals surface area (Å²) in [6.07, 6.45) is 0. The molecule has 1 heteroatoms. The Labute approximate surface area is 97.8 Å². The van der Waals surface area contributed by atoms with Gasteiger partial charge in [-0.1, -0.05) is 72.8 Å². The molecule has 0 bridgehead atoms. The first-order valence-electron chi connectivity index (χ1n) is 5.20. The molecule has 1 nitrogen and oxygen atoms in total. The van der Waals surface area contributed by atoms with Gasteiger partial charge >= 0.3 is 0 Å². The third-order valence-electron chi connectivity index (χ3n) is 1.33. The molecule has 0 saturated carbocycles. The van der Waals surface area contributed by atoms with Gasteiger partial charge in [0.15, 0.2) is 0 Å². The number of rotatable bonds is 0. The van der Waals surface area contributed by atoms with Gasteiger partial charge in [-0.2, -0.15) is 0 Å². The average Bonchev–Trinajstić information content (AvgIpc) is 2.34. The third kappa shape index (κ3) is 14.6. The molecule has 84 valence electrons. The monoisotopic (exact) mass is 214 g/mol. The van der Waals surface area contributed by atoms with Gasteiger partial charge in [0.2, 0.25) is 0 Å². The van der Waals surface area contributed by atoms with Crippen molar-refractivity contribution in [2.75, 3.05) is 0 Å². The standard InChI is InChI=1S/2C6H6.C3H6O/c2*1-2-4-6-5-3-1;1-3(2)4/h2*1-6H;1-2H3. The number of Topliss-reactive ketones (excluding diaryl/α,β-unsaturated/α-hetero) is 1. The Hall–Kier alpha value is -1.89. The topological polar surface area (TPSA) is 17.1 Å². The zero-order valence-electron chi connectivity index (χ0n) is 9.84. The molecule has 0 aromatic heterocycles. The smallest absolute Gasteiger partial charge is 0.126 e. The van der Waals surface area contributed by atoms with E-state index in [1.807, 2.05) is 72.8 Å². The van der Waals surface area contributed by atoms with Crippen LogP contribution >= 0.6 is 0 Å². The molecule has 0 aliphatic carbocycles. The first-order valence-corrected chi connectivity index (χ1v) is 5.20. The zero-order chi connectivity index (χ0) is 12.1. The predicted octanol–water partition coefficient (Wildman–Crippen LogP) is 3.97. The molecule has 2 rings (SSSR count). The number of ketones is 1. The number of carbonyl (C=O) groups is 1. The molecule has 0 heterocycles. The molecule has 16 heavy (non-hydrogen) atoms. The normalized spacial score (nSPS) is 7.62. The van der Waals surface area contributed by atoms with E-state index in [0.717, 1.165) is 0 Å². The fourth-order valence-electron chi connectivity index (χ4n) is 0.770. The van der Waals surface area contributed by atoms with Crippen LogP contribution < -0.4 is 0 Å². The lowest BCUT2D eigenvalue weighted by Crippen LogP contribution is -1.69. The summed E-state index contributed by atoms with van der Waals surface area (Å²) in [5.41, 5.74) is 0. The fourth-order valence-corrected chi connectivity index (χ4v) is 0.770. The molecule has 0 N–H and O–H groups in total. The minimum atomic E-state index is 0.167. The molecule has 0 fully saturated rings. The van der Waals surface area contributed by atoms with E-state index in [4.69, 9.17) is 0 Å². The lowest BCUT2D eigenvalue weighted by atomic mass is 10.4. The third-order valence-corrected chi connectivity index (χ3v) is 1.33. The Bertz CT molecular complexity index is 251. The van der Waals surface area contributed by atoms with Crippen LogP contribution in [0.4, 0.5) is 0 Å². The Morgan fingerprint density at radius 2 is 0.562 bits per heavy atom. The van der Waals surface area contributed by atoms with Crippen molar-refractivity contribution in [3.63, 3.8) is 0 Å². The fraction of sp³-hybridized carbons (Fsp3) is 0.133. The Morgan fingerprint density at radius 1 is 0.500 bits per heavy atom. The second-order valence-corrected chi connectivity index (χ2v) is 3.22. The average molecular weight is 214 g/mol. The highest BCUT2D eigenvalue weighted by Gasteiger charge is 1.62. The second kappa shape index (κ2) is 11.2. The van der Waals surface area contributed by atoms with Gasteiger partial charge < -0.3 is 4.79 Å². The number of benzene rings is 2. The molecule has 0 atom stereocenters. The minimum Gasteiger partial charge on any atom is -0.300 e. The number of carbonyl (C=O) groups excluding carboxylic acids is 1. The van der Waals surface area contributed by atoms with Crippen molar-refractivity contribution < 1.29 is 4.79 Å². The molecule has 0 aliphatic heterocycles. The van der Waals surface area contributed by atoms with Gasteiger partial charge in [0.1, 0.15) is 5.78 Å². The molecule has 2 aromatic carbocycles. The van der Waals surface area contributed by atoms with E-state index in [0.29, 0.717) is 0 Å². The summed E-state index contributed by atoms with van der Waals surface area (Å²) in [7, 11) is 0. The van der Waals surface area contributed by atoms with Crippen molar-refractivity contribution in [2.24, 2.45) is 0 Å². The van der Waals surface area contributed by atoms with Gasteiger partial charge in [-0.3, -0.25) is 0 Å². The van der Waals surface area contributed by atoms with Gasteiger partial charge in [-0.15, -0.1) is 0 Å². The summed E-state index contributed by atoms with van der Waals surface area (Å²) in [5, 5.41) is 0. The quantitative estimate of drug-likeness (QED) is 0.648. The highest BCUT2D eigenvalue weighted by molar-refractivity contribution is 5.72. The van der Waals surface area contributed by atoms with Crippen molar-refractivity contribution in [1.29, 1.82) is 0 Å².